The van der Waals surface area contributed by atoms with Crippen LogP contribution in [0.4, 0.5) is 11.4 Å². The van der Waals surface area contributed by atoms with Crippen LogP contribution < -0.4 is 14.2 Å². The molecule has 0 aliphatic carbocycles. The average molecular weight is 352 g/mol. The highest BCUT2D eigenvalue weighted by atomic mass is 32.2. The molecule has 0 bridgehead atoms. The molecule has 0 amide bonds. The number of methoxy groups -OCH3 is 2. The Bertz CT molecular complexity index is 880. The van der Waals surface area contributed by atoms with Crippen LogP contribution in [0.3, 0.4) is 0 Å². The summed E-state index contributed by atoms with van der Waals surface area (Å²) in [4.78, 5) is 10.3. The fourth-order valence-electron chi connectivity index (χ4n) is 2.12. The van der Waals surface area contributed by atoms with Crippen molar-refractivity contribution in [2.24, 2.45) is 0 Å². The summed E-state index contributed by atoms with van der Waals surface area (Å²) in [6.45, 7) is 1.48. The van der Waals surface area contributed by atoms with Crippen molar-refractivity contribution in [3.8, 4) is 11.5 Å². The zero-order valence-electron chi connectivity index (χ0n) is 13.3. The van der Waals surface area contributed by atoms with Crippen molar-refractivity contribution in [3.05, 3.63) is 52.1 Å². The van der Waals surface area contributed by atoms with Gasteiger partial charge in [0, 0.05) is 12.1 Å². The molecule has 0 aliphatic rings. The van der Waals surface area contributed by atoms with Gasteiger partial charge in [-0.1, -0.05) is 6.07 Å². The van der Waals surface area contributed by atoms with Crippen molar-refractivity contribution >= 4 is 21.4 Å². The van der Waals surface area contributed by atoms with E-state index < -0.39 is 14.9 Å². The molecule has 0 aliphatic heterocycles. The molecule has 8 nitrogen and oxygen atoms in total. The van der Waals surface area contributed by atoms with E-state index in [1.54, 1.807) is 0 Å². The van der Waals surface area contributed by atoms with E-state index in [-0.39, 0.29) is 27.6 Å². The van der Waals surface area contributed by atoms with Crippen molar-refractivity contribution in [2.75, 3.05) is 18.9 Å². The first kappa shape index (κ1) is 17.5. The number of benzene rings is 2. The van der Waals surface area contributed by atoms with Crippen LogP contribution in [-0.4, -0.2) is 27.6 Å². The largest absolute Gasteiger partial charge is 0.493 e. The standard InChI is InChI=1S/C15H16N2O6S/c1-10-12(5-4-6-13(10)17(18)19)16-24(20,21)11-7-8-14(22-2)15(9-11)23-3/h4-9,16H,1-3H3. The van der Waals surface area contributed by atoms with Crippen LogP contribution in [0, 0.1) is 17.0 Å². The Morgan fingerprint density at radius 2 is 1.75 bits per heavy atom. The number of hydrogen-bond acceptors (Lipinski definition) is 6. The molecular formula is C15H16N2O6S. The van der Waals surface area contributed by atoms with E-state index in [0.717, 1.165) is 0 Å². The summed E-state index contributed by atoms with van der Waals surface area (Å²) in [6.07, 6.45) is 0. The molecule has 2 aromatic rings. The highest BCUT2D eigenvalue weighted by Crippen LogP contribution is 2.31. The van der Waals surface area contributed by atoms with Gasteiger partial charge in [0.1, 0.15) is 0 Å². The van der Waals surface area contributed by atoms with Gasteiger partial charge in [-0.15, -0.1) is 0 Å². The number of sulfonamides is 1. The quantitative estimate of drug-likeness (QED) is 0.632. The summed E-state index contributed by atoms with van der Waals surface area (Å²) in [5, 5.41) is 11.0. The Kier molecular flexibility index (Phi) is 4.93. The number of hydrogen-bond donors (Lipinski definition) is 1. The van der Waals surface area contributed by atoms with Gasteiger partial charge in [-0.05, 0) is 25.1 Å². The van der Waals surface area contributed by atoms with Crippen molar-refractivity contribution in [1.29, 1.82) is 0 Å². The Hall–Kier alpha value is -2.81. The van der Waals surface area contributed by atoms with Crippen LogP contribution in [0.1, 0.15) is 5.56 Å². The number of nitro groups is 1. The van der Waals surface area contributed by atoms with E-state index in [1.807, 2.05) is 0 Å². The molecule has 24 heavy (non-hydrogen) atoms. The van der Waals surface area contributed by atoms with E-state index in [1.165, 1.54) is 57.5 Å². The summed E-state index contributed by atoms with van der Waals surface area (Å²) in [6, 6.07) is 8.32. The Morgan fingerprint density at radius 1 is 1.08 bits per heavy atom. The molecule has 128 valence electrons. The maximum absolute atomic E-state index is 12.5. The smallest absolute Gasteiger partial charge is 0.274 e. The van der Waals surface area contributed by atoms with E-state index in [2.05, 4.69) is 4.72 Å². The van der Waals surface area contributed by atoms with Crippen molar-refractivity contribution < 1.29 is 22.8 Å². The highest BCUT2D eigenvalue weighted by Gasteiger charge is 2.20. The minimum Gasteiger partial charge on any atom is -0.493 e. The van der Waals surface area contributed by atoms with Gasteiger partial charge in [0.25, 0.3) is 15.7 Å². The van der Waals surface area contributed by atoms with Gasteiger partial charge >= 0.3 is 0 Å². The second kappa shape index (κ2) is 6.75. The second-order valence-corrected chi connectivity index (χ2v) is 6.51. The molecule has 0 saturated heterocycles. The van der Waals surface area contributed by atoms with E-state index >= 15 is 0 Å². The molecule has 1 N–H and O–H groups in total. The fraction of sp³-hybridized carbons (Fsp3) is 0.200. The minimum atomic E-state index is -3.94. The van der Waals surface area contributed by atoms with E-state index in [0.29, 0.717) is 5.75 Å². The highest BCUT2D eigenvalue weighted by molar-refractivity contribution is 7.92. The van der Waals surface area contributed by atoms with Crippen LogP contribution in [0.2, 0.25) is 0 Å². The normalized spacial score (nSPS) is 11.0. The third-order valence-electron chi connectivity index (χ3n) is 3.41. The van der Waals surface area contributed by atoms with Crippen LogP contribution >= 0.6 is 0 Å². The molecule has 0 atom stereocenters. The summed E-state index contributed by atoms with van der Waals surface area (Å²) in [5.41, 5.74) is 0.202. The number of anilines is 1. The van der Waals surface area contributed by atoms with Crippen LogP contribution in [0.5, 0.6) is 11.5 Å². The second-order valence-electron chi connectivity index (χ2n) is 4.83. The Balaban J connectivity index is 2.43. The topological polar surface area (TPSA) is 108 Å². The Morgan fingerprint density at radius 3 is 2.33 bits per heavy atom. The first-order chi connectivity index (χ1) is 11.3. The molecule has 0 spiro atoms. The number of ether oxygens (including phenoxy) is 2. The SMILES string of the molecule is COc1ccc(S(=O)(=O)Nc2cccc([N+](=O)[O-])c2C)cc1OC. The van der Waals surface area contributed by atoms with Gasteiger partial charge in [0.05, 0.1) is 35.3 Å². The van der Waals surface area contributed by atoms with E-state index in [9.17, 15) is 18.5 Å². The van der Waals surface area contributed by atoms with Gasteiger partial charge < -0.3 is 9.47 Å². The lowest BCUT2D eigenvalue weighted by Gasteiger charge is -2.13. The first-order valence-corrected chi connectivity index (χ1v) is 8.27. The van der Waals surface area contributed by atoms with Gasteiger partial charge in [-0.2, -0.15) is 0 Å². The van der Waals surface area contributed by atoms with Gasteiger partial charge in [-0.3, -0.25) is 14.8 Å². The predicted molar refractivity (Wildman–Crippen MR) is 88.2 cm³/mol. The molecule has 0 radical (unpaired) electrons. The third kappa shape index (κ3) is 3.40. The zero-order chi connectivity index (χ0) is 17.9. The maximum Gasteiger partial charge on any atom is 0.274 e. The summed E-state index contributed by atoms with van der Waals surface area (Å²) >= 11 is 0. The molecule has 0 aromatic heterocycles. The molecular weight excluding hydrogens is 336 g/mol. The number of nitro benzene ring substituents is 1. The summed E-state index contributed by atoms with van der Waals surface area (Å²) in [7, 11) is -1.11. The lowest BCUT2D eigenvalue weighted by molar-refractivity contribution is -0.385. The third-order valence-corrected chi connectivity index (χ3v) is 4.77. The lowest BCUT2D eigenvalue weighted by Crippen LogP contribution is -2.14. The first-order valence-electron chi connectivity index (χ1n) is 6.79. The lowest BCUT2D eigenvalue weighted by atomic mass is 10.2. The monoisotopic (exact) mass is 352 g/mol. The number of nitrogens with one attached hydrogen (secondary N) is 1. The molecule has 0 unspecified atom stereocenters. The molecule has 2 aromatic carbocycles. The molecule has 0 fully saturated rings. The predicted octanol–water partition coefficient (Wildman–Crippen LogP) is 2.72. The van der Waals surface area contributed by atoms with E-state index in [4.69, 9.17) is 9.47 Å². The van der Waals surface area contributed by atoms with Gasteiger partial charge in [0.15, 0.2) is 11.5 Å². The van der Waals surface area contributed by atoms with Crippen molar-refractivity contribution in [1.82, 2.24) is 0 Å². The molecule has 2 rings (SSSR count). The van der Waals surface area contributed by atoms with Gasteiger partial charge in [0.2, 0.25) is 0 Å². The van der Waals surface area contributed by atoms with Crippen LogP contribution in [0.25, 0.3) is 0 Å². The summed E-state index contributed by atoms with van der Waals surface area (Å²) < 4.78 is 37.6. The van der Waals surface area contributed by atoms with Gasteiger partial charge in [-0.25, -0.2) is 8.42 Å². The molecule has 9 heteroatoms. The van der Waals surface area contributed by atoms with Crippen LogP contribution in [-0.2, 0) is 10.0 Å². The average Bonchev–Trinajstić information content (AvgIpc) is 2.55. The number of nitrogens with zero attached hydrogens (tertiary/aromatic N) is 1. The summed E-state index contributed by atoms with van der Waals surface area (Å²) in [5.74, 6) is 0.652. The van der Waals surface area contributed by atoms with Crippen molar-refractivity contribution in [3.63, 3.8) is 0 Å². The van der Waals surface area contributed by atoms with Crippen molar-refractivity contribution in [2.45, 2.75) is 11.8 Å². The number of rotatable bonds is 6. The molecule has 0 heterocycles. The maximum atomic E-state index is 12.5. The fourth-order valence-corrected chi connectivity index (χ4v) is 3.26. The molecule has 0 saturated carbocycles. The Labute approximate surface area is 139 Å². The zero-order valence-corrected chi connectivity index (χ0v) is 14.1. The minimum absolute atomic E-state index is 0.0499. The van der Waals surface area contributed by atoms with Crippen LogP contribution in [0.15, 0.2) is 41.3 Å².